The lowest BCUT2D eigenvalue weighted by molar-refractivity contribution is 0.166. The molecule has 0 radical (unpaired) electrons. The monoisotopic (exact) mass is 258 g/mol. The summed E-state index contributed by atoms with van der Waals surface area (Å²) in [6.45, 7) is 10.6. The molecular weight excluding hydrogens is 232 g/mol. The molecule has 0 spiro atoms. The third-order valence-electron chi connectivity index (χ3n) is 4.01. The molecule has 2 rings (SSSR count). The minimum atomic E-state index is 0.547. The van der Waals surface area contributed by atoms with Crippen LogP contribution >= 0.6 is 0 Å². The normalized spacial score (nSPS) is 18.2. The van der Waals surface area contributed by atoms with E-state index >= 15 is 0 Å². The number of aryl methyl sites for hydroxylation is 1. The predicted octanol–water partition coefficient (Wildman–Crippen LogP) is 3.16. The SMILES string of the molecule is C=CCC[C@H](c1ccc(CC)cc1)N1CCNCC1. The summed E-state index contributed by atoms with van der Waals surface area (Å²) in [5.74, 6) is 0. The fourth-order valence-corrected chi connectivity index (χ4v) is 2.81. The van der Waals surface area contributed by atoms with Crippen molar-refractivity contribution in [2.24, 2.45) is 0 Å². The topological polar surface area (TPSA) is 15.3 Å². The number of nitrogens with zero attached hydrogens (tertiary/aromatic N) is 1. The Morgan fingerprint density at radius 1 is 1.26 bits per heavy atom. The third-order valence-corrected chi connectivity index (χ3v) is 4.01. The molecule has 0 amide bonds. The van der Waals surface area contributed by atoms with E-state index in [2.05, 4.69) is 48.0 Å². The van der Waals surface area contributed by atoms with Gasteiger partial charge in [0, 0.05) is 32.2 Å². The first kappa shape index (κ1) is 14.3. The largest absolute Gasteiger partial charge is 0.314 e. The molecule has 0 aliphatic carbocycles. The van der Waals surface area contributed by atoms with Crippen molar-refractivity contribution in [2.75, 3.05) is 26.2 Å². The lowest BCUT2D eigenvalue weighted by Gasteiger charge is -2.35. The first-order chi connectivity index (χ1) is 9.35. The van der Waals surface area contributed by atoms with Crippen molar-refractivity contribution in [3.63, 3.8) is 0 Å². The smallest absolute Gasteiger partial charge is 0.0352 e. The fraction of sp³-hybridized carbons (Fsp3) is 0.529. The Labute approximate surface area is 117 Å². The molecule has 1 fully saturated rings. The van der Waals surface area contributed by atoms with Crippen LogP contribution in [0.15, 0.2) is 36.9 Å². The van der Waals surface area contributed by atoms with Crippen molar-refractivity contribution in [1.29, 1.82) is 0 Å². The van der Waals surface area contributed by atoms with Crippen LogP contribution < -0.4 is 5.32 Å². The summed E-state index contributed by atoms with van der Waals surface area (Å²) < 4.78 is 0. The molecular formula is C17H26N2. The molecule has 1 atom stereocenters. The molecule has 1 N–H and O–H groups in total. The lowest BCUT2D eigenvalue weighted by Crippen LogP contribution is -2.45. The molecule has 0 saturated carbocycles. The van der Waals surface area contributed by atoms with E-state index in [0.29, 0.717) is 6.04 Å². The van der Waals surface area contributed by atoms with E-state index in [4.69, 9.17) is 0 Å². The van der Waals surface area contributed by atoms with Crippen LogP contribution in [0.4, 0.5) is 0 Å². The summed E-state index contributed by atoms with van der Waals surface area (Å²) in [5.41, 5.74) is 2.88. The molecule has 1 aromatic carbocycles. The minimum Gasteiger partial charge on any atom is -0.314 e. The molecule has 1 aromatic rings. The van der Waals surface area contributed by atoms with Gasteiger partial charge >= 0.3 is 0 Å². The first-order valence-electron chi connectivity index (χ1n) is 7.49. The van der Waals surface area contributed by atoms with E-state index in [0.717, 1.165) is 39.0 Å². The van der Waals surface area contributed by atoms with Crippen LogP contribution in [0.25, 0.3) is 0 Å². The van der Waals surface area contributed by atoms with Crippen molar-refractivity contribution >= 4 is 0 Å². The van der Waals surface area contributed by atoms with Crippen molar-refractivity contribution < 1.29 is 0 Å². The van der Waals surface area contributed by atoms with Crippen LogP contribution in [0.5, 0.6) is 0 Å². The van der Waals surface area contributed by atoms with E-state index in [-0.39, 0.29) is 0 Å². The van der Waals surface area contributed by atoms with Crippen LogP contribution in [-0.4, -0.2) is 31.1 Å². The third kappa shape index (κ3) is 3.92. The van der Waals surface area contributed by atoms with Gasteiger partial charge < -0.3 is 5.32 Å². The van der Waals surface area contributed by atoms with Crippen LogP contribution in [0, 0.1) is 0 Å². The van der Waals surface area contributed by atoms with E-state index < -0.39 is 0 Å². The number of hydrogen-bond donors (Lipinski definition) is 1. The van der Waals surface area contributed by atoms with E-state index in [1.54, 1.807) is 0 Å². The van der Waals surface area contributed by atoms with Gasteiger partial charge in [-0.3, -0.25) is 4.90 Å². The van der Waals surface area contributed by atoms with Crippen molar-refractivity contribution in [2.45, 2.75) is 32.2 Å². The zero-order chi connectivity index (χ0) is 13.5. The van der Waals surface area contributed by atoms with Gasteiger partial charge in [-0.2, -0.15) is 0 Å². The molecule has 1 heterocycles. The predicted molar refractivity (Wildman–Crippen MR) is 82.4 cm³/mol. The summed E-state index contributed by atoms with van der Waals surface area (Å²) in [4.78, 5) is 2.61. The fourth-order valence-electron chi connectivity index (χ4n) is 2.81. The van der Waals surface area contributed by atoms with Gasteiger partial charge in [-0.05, 0) is 30.4 Å². The van der Waals surface area contributed by atoms with Gasteiger partial charge in [-0.25, -0.2) is 0 Å². The highest BCUT2D eigenvalue weighted by Crippen LogP contribution is 2.26. The number of benzene rings is 1. The van der Waals surface area contributed by atoms with Gasteiger partial charge in [0.2, 0.25) is 0 Å². The number of nitrogens with one attached hydrogen (secondary N) is 1. The number of rotatable bonds is 6. The Kier molecular flexibility index (Phi) is 5.62. The quantitative estimate of drug-likeness (QED) is 0.789. The summed E-state index contributed by atoms with van der Waals surface area (Å²) in [6, 6.07) is 9.73. The lowest BCUT2D eigenvalue weighted by atomic mass is 9.98. The average Bonchev–Trinajstić information content (AvgIpc) is 2.49. The molecule has 1 aliphatic heterocycles. The van der Waals surface area contributed by atoms with Crippen LogP contribution in [-0.2, 0) is 6.42 Å². The van der Waals surface area contributed by atoms with Crippen molar-refractivity contribution in [3.05, 3.63) is 48.0 Å². The van der Waals surface area contributed by atoms with Gasteiger partial charge in [0.15, 0.2) is 0 Å². The van der Waals surface area contributed by atoms with Crippen molar-refractivity contribution in [3.8, 4) is 0 Å². The Balaban J connectivity index is 2.12. The van der Waals surface area contributed by atoms with E-state index in [1.807, 2.05) is 6.08 Å². The highest BCUT2D eigenvalue weighted by Gasteiger charge is 2.21. The highest BCUT2D eigenvalue weighted by molar-refractivity contribution is 5.25. The molecule has 0 bridgehead atoms. The van der Waals surface area contributed by atoms with Crippen LogP contribution in [0.3, 0.4) is 0 Å². The zero-order valence-corrected chi connectivity index (χ0v) is 12.1. The van der Waals surface area contributed by atoms with Gasteiger partial charge in [0.05, 0.1) is 0 Å². The first-order valence-corrected chi connectivity index (χ1v) is 7.49. The van der Waals surface area contributed by atoms with E-state index in [9.17, 15) is 0 Å². The second kappa shape index (κ2) is 7.46. The van der Waals surface area contributed by atoms with Crippen LogP contribution in [0.1, 0.15) is 36.9 Å². The molecule has 2 nitrogen and oxygen atoms in total. The molecule has 1 aliphatic rings. The standard InChI is InChI=1S/C17H26N2/c1-3-5-6-17(19-13-11-18-12-14-19)16-9-7-15(4-2)8-10-16/h3,7-10,17-18H,1,4-6,11-14H2,2H3/t17-/m1/s1. The van der Waals surface area contributed by atoms with Gasteiger partial charge in [-0.1, -0.05) is 37.3 Å². The molecule has 0 unspecified atom stereocenters. The highest BCUT2D eigenvalue weighted by atomic mass is 15.2. The Morgan fingerprint density at radius 2 is 1.95 bits per heavy atom. The average molecular weight is 258 g/mol. The number of allylic oxidation sites excluding steroid dienone is 1. The molecule has 1 saturated heterocycles. The molecule has 0 aromatic heterocycles. The van der Waals surface area contributed by atoms with Crippen molar-refractivity contribution in [1.82, 2.24) is 10.2 Å². The summed E-state index contributed by atoms with van der Waals surface area (Å²) in [7, 11) is 0. The molecule has 104 valence electrons. The second-order valence-corrected chi connectivity index (χ2v) is 5.26. The van der Waals surface area contributed by atoms with Crippen LogP contribution in [0.2, 0.25) is 0 Å². The Hall–Kier alpha value is -1.12. The molecule has 2 heteroatoms. The van der Waals surface area contributed by atoms with Gasteiger partial charge in [0.1, 0.15) is 0 Å². The number of piperazine rings is 1. The van der Waals surface area contributed by atoms with E-state index in [1.165, 1.54) is 17.5 Å². The van der Waals surface area contributed by atoms with Gasteiger partial charge in [-0.15, -0.1) is 6.58 Å². The second-order valence-electron chi connectivity index (χ2n) is 5.26. The maximum absolute atomic E-state index is 3.87. The Bertz CT molecular complexity index is 377. The molecule has 19 heavy (non-hydrogen) atoms. The Morgan fingerprint density at radius 3 is 2.53 bits per heavy atom. The maximum atomic E-state index is 3.87. The summed E-state index contributed by atoms with van der Waals surface area (Å²) >= 11 is 0. The van der Waals surface area contributed by atoms with Gasteiger partial charge in [0.25, 0.3) is 0 Å². The summed E-state index contributed by atoms with van der Waals surface area (Å²) in [6.07, 6.45) is 5.42. The minimum absolute atomic E-state index is 0.547. The summed E-state index contributed by atoms with van der Waals surface area (Å²) in [5, 5.41) is 3.43. The number of hydrogen-bond acceptors (Lipinski definition) is 2. The zero-order valence-electron chi connectivity index (χ0n) is 12.1. The maximum Gasteiger partial charge on any atom is 0.0352 e.